The summed E-state index contributed by atoms with van der Waals surface area (Å²) in [7, 11) is 0. The molecule has 0 saturated carbocycles. The Kier molecular flexibility index (Phi) is 4.95. The first-order chi connectivity index (χ1) is 11.1. The van der Waals surface area contributed by atoms with Crippen LogP contribution in [-0.2, 0) is 6.18 Å². The van der Waals surface area contributed by atoms with Crippen LogP contribution in [0, 0.1) is 10.1 Å². The Hall–Kier alpha value is -2.39. The number of non-ortho nitro benzene ring substituents is 1. The van der Waals surface area contributed by atoms with Gasteiger partial charge < -0.3 is 5.32 Å². The molecule has 11 heteroatoms. The molecule has 1 aromatic carbocycles. The fourth-order valence-corrected chi connectivity index (χ4v) is 2.08. The Morgan fingerprint density at radius 3 is 2.42 bits per heavy atom. The lowest BCUT2D eigenvalue weighted by Gasteiger charge is -2.10. The van der Waals surface area contributed by atoms with Gasteiger partial charge in [-0.1, -0.05) is 23.2 Å². The lowest BCUT2D eigenvalue weighted by atomic mass is 10.2. The van der Waals surface area contributed by atoms with Crippen LogP contribution >= 0.6 is 23.2 Å². The van der Waals surface area contributed by atoms with Crippen LogP contribution < -0.4 is 5.32 Å². The highest BCUT2D eigenvalue weighted by atomic mass is 35.5. The van der Waals surface area contributed by atoms with Gasteiger partial charge in [0.25, 0.3) is 11.6 Å². The lowest BCUT2D eigenvalue weighted by molar-refractivity contribution is -0.384. The van der Waals surface area contributed by atoms with Gasteiger partial charge in [-0.25, -0.2) is 4.98 Å². The second-order valence-electron chi connectivity index (χ2n) is 4.43. The third-order valence-corrected chi connectivity index (χ3v) is 3.42. The van der Waals surface area contributed by atoms with Crippen LogP contribution in [0.25, 0.3) is 0 Å². The molecule has 0 aliphatic heterocycles. The van der Waals surface area contributed by atoms with Crippen molar-refractivity contribution < 1.29 is 22.9 Å². The summed E-state index contributed by atoms with van der Waals surface area (Å²) in [6.07, 6.45) is -4.14. The Morgan fingerprint density at radius 1 is 1.21 bits per heavy atom. The van der Waals surface area contributed by atoms with Crippen LogP contribution in [0.5, 0.6) is 0 Å². The summed E-state index contributed by atoms with van der Waals surface area (Å²) < 4.78 is 37.6. The van der Waals surface area contributed by atoms with Crippen LogP contribution in [0.4, 0.5) is 24.7 Å². The van der Waals surface area contributed by atoms with E-state index in [-0.39, 0.29) is 22.1 Å². The first-order valence-corrected chi connectivity index (χ1v) is 6.83. The quantitative estimate of drug-likeness (QED) is 0.625. The molecule has 0 atom stereocenters. The fourth-order valence-electron chi connectivity index (χ4n) is 1.66. The van der Waals surface area contributed by atoms with E-state index in [9.17, 15) is 28.1 Å². The van der Waals surface area contributed by atoms with Crippen molar-refractivity contribution in [2.45, 2.75) is 6.18 Å². The van der Waals surface area contributed by atoms with E-state index in [0.717, 1.165) is 18.2 Å². The number of nitrogens with one attached hydrogen (secondary N) is 1. The number of pyridine rings is 1. The van der Waals surface area contributed by atoms with Crippen molar-refractivity contribution in [1.29, 1.82) is 0 Å². The molecule has 0 bridgehead atoms. The SMILES string of the molecule is O=C(Nc1ncc(C(F)(F)F)cc1Cl)c1cc([N+](=O)[O-])ccc1Cl. The van der Waals surface area contributed by atoms with Gasteiger partial charge in [0, 0.05) is 18.3 Å². The zero-order valence-electron chi connectivity index (χ0n) is 11.4. The molecule has 1 N–H and O–H groups in total. The number of hydrogen-bond donors (Lipinski definition) is 1. The highest BCUT2D eigenvalue weighted by Gasteiger charge is 2.31. The summed E-state index contributed by atoms with van der Waals surface area (Å²) in [5, 5.41) is 12.4. The topological polar surface area (TPSA) is 85.1 Å². The predicted octanol–water partition coefficient (Wildman–Crippen LogP) is 4.57. The van der Waals surface area contributed by atoms with Crippen LogP contribution in [0.3, 0.4) is 0 Å². The van der Waals surface area contributed by atoms with E-state index in [0.29, 0.717) is 12.3 Å². The average Bonchev–Trinajstić information content (AvgIpc) is 2.48. The van der Waals surface area contributed by atoms with E-state index in [2.05, 4.69) is 10.3 Å². The highest BCUT2D eigenvalue weighted by Crippen LogP contribution is 2.32. The van der Waals surface area contributed by atoms with E-state index in [1.54, 1.807) is 0 Å². The first kappa shape index (κ1) is 18.0. The van der Waals surface area contributed by atoms with Crippen LogP contribution in [0.15, 0.2) is 30.5 Å². The number of benzene rings is 1. The van der Waals surface area contributed by atoms with Crippen LogP contribution in [-0.4, -0.2) is 15.8 Å². The summed E-state index contributed by atoms with van der Waals surface area (Å²) in [5.41, 5.74) is -1.71. The largest absolute Gasteiger partial charge is 0.417 e. The minimum absolute atomic E-state index is 0.0823. The molecule has 0 unspecified atom stereocenters. The van der Waals surface area contributed by atoms with Crippen molar-refractivity contribution in [3.05, 3.63) is 61.7 Å². The number of amides is 1. The molecular weight excluding hydrogens is 374 g/mol. The molecule has 0 radical (unpaired) electrons. The second-order valence-corrected chi connectivity index (χ2v) is 5.24. The summed E-state index contributed by atoms with van der Waals surface area (Å²) in [4.78, 5) is 25.5. The molecule has 24 heavy (non-hydrogen) atoms. The maximum atomic E-state index is 12.5. The zero-order chi connectivity index (χ0) is 18.1. The molecule has 6 nitrogen and oxygen atoms in total. The van der Waals surface area contributed by atoms with Gasteiger partial charge >= 0.3 is 6.18 Å². The lowest BCUT2D eigenvalue weighted by Crippen LogP contribution is -2.15. The number of nitro groups is 1. The van der Waals surface area contributed by atoms with Crippen molar-refractivity contribution in [1.82, 2.24) is 4.98 Å². The van der Waals surface area contributed by atoms with E-state index in [4.69, 9.17) is 23.2 Å². The predicted molar refractivity (Wildman–Crippen MR) is 80.3 cm³/mol. The van der Waals surface area contributed by atoms with Gasteiger partial charge in [0.15, 0.2) is 5.82 Å². The summed E-state index contributed by atoms with van der Waals surface area (Å²) in [6, 6.07) is 3.77. The summed E-state index contributed by atoms with van der Waals surface area (Å²) in [5.74, 6) is -1.24. The maximum Gasteiger partial charge on any atom is 0.417 e. The first-order valence-electron chi connectivity index (χ1n) is 6.07. The van der Waals surface area contributed by atoms with Crippen molar-refractivity contribution in [2.24, 2.45) is 0 Å². The molecule has 0 aliphatic carbocycles. The van der Waals surface area contributed by atoms with Crippen molar-refractivity contribution >= 4 is 40.6 Å². The van der Waals surface area contributed by atoms with Gasteiger partial charge in [-0.2, -0.15) is 13.2 Å². The third kappa shape index (κ3) is 3.92. The zero-order valence-corrected chi connectivity index (χ0v) is 12.9. The number of anilines is 1. The molecule has 0 saturated heterocycles. The van der Waals surface area contributed by atoms with Crippen molar-refractivity contribution in [2.75, 3.05) is 5.32 Å². The van der Waals surface area contributed by atoms with Gasteiger partial charge in [0.2, 0.25) is 0 Å². The van der Waals surface area contributed by atoms with E-state index < -0.39 is 27.6 Å². The number of halogens is 5. The fraction of sp³-hybridized carbons (Fsp3) is 0.0769. The molecular formula is C13H6Cl2F3N3O3. The van der Waals surface area contributed by atoms with Gasteiger partial charge in [-0.3, -0.25) is 14.9 Å². The van der Waals surface area contributed by atoms with E-state index >= 15 is 0 Å². The van der Waals surface area contributed by atoms with E-state index in [1.807, 2.05) is 0 Å². The molecule has 1 aromatic heterocycles. The maximum absolute atomic E-state index is 12.5. The molecule has 0 fully saturated rings. The van der Waals surface area contributed by atoms with Crippen molar-refractivity contribution in [3.63, 3.8) is 0 Å². The summed E-state index contributed by atoms with van der Waals surface area (Å²) in [6.45, 7) is 0. The molecule has 0 spiro atoms. The normalized spacial score (nSPS) is 11.2. The Balaban J connectivity index is 2.30. The monoisotopic (exact) mass is 379 g/mol. The minimum Gasteiger partial charge on any atom is -0.305 e. The number of rotatable bonds is 3. The van der Waals surface area contributed by atoms with Gasteiger partial charge in [-0.05, 0) is 12.1 Å². The molecule has 126 valence electrons. The minimum atomic E-state index is -4.64. The Morgan fingerprint density at radius 2 is 1.88 bits per heavy atom. The number of hydrogen-bond acceptors (Lipinski definition) is 4. The average molecular weight is 380 g/mol. The number of aromatic nitrogens is 1. The number of carbonyl (C=O) groups is 1. The van der Waals surface area contributed by atoms with Crippen LogP contribution in [0.2, 0.25) is 10.0 Å². The number of nitro benzene ring substituents is 1. The number of carbonyl (C=O) groups excluding carboxylic acids is 1. The van der Waals surface area contributed by atoms with Gasteiger partial charge in [0.05, 0.1) is 26.1 Å². The third-order valence-electron chi connectivity index (χ3n) is 2.81. The number of alkyl halides is 3. The molecule has 2 rings (SSSR count). The van der Waals surface area contributed by atoms with Gasteiger partial charge in [0.1, 0.15) is 0 Å². The smallest absolute Gasteiger partial charge is 0.305 e. The highest BCUT2D eigenvalue weighted by molar-refractivity contribution is 6.35. The standard InChI is InChI=1S/C13H6Cl2F3N3O3/c14-9-2-1-7(21(23)24)4-8(9)12(22)20-11-10(15)3-6(5-19-11)13(16,17)18/h1-5H,(H,19,20,22). The van der Waals surface area contributed by atoms with E-state index in [1.165, 1.54) is 0 Å². The number of nitrogens with zero attached hydrogens (tertiary/aromatic N) is 2. The van der Waals surface area contributed by atoms with Gasteiger partial charge in [-0.15, -0.1) is 0 Å². The Bertz CT molecular complexity index is 828. The molecule has 2 aromatic rings. The van der Waals surface area contributed by atoms with Crippen LogP contribution in [0.1, 0.15) is 15.9 Å². The molecule has 1 heterocycles. The Labute approximate surface area is 142 Å². The second kappa shape index (κ2) is 6.62. The molecule has 0 aliphatic rings. The van der Waals surface area contributed by atoms with Crippen molar-refractivity contribution in [3.8, 4) is 0 Å². The molecule has 1 amide bonds. The summed E-state index contributed by atoms with van der Waals surface area (Å²) >= 11 is 11.5.